The van der Waals surface area contributed by atoms with E-state index in [1.165, 1.54) is 0 Å². The fourth-order valence-corrected chi connectivity index (χ4v) is 4.39. The molecule has 270 valence electrons. The molecule has 0 saturated carbocycles. The van der Waals surface area contributed by atoms with E-state index >= 15 is 0 Å². The van der Waals surface area contributed by atoms with Crippen molar-refractivity contribution in [3.05, 3.63) is 0 Å². The lowest BCUT2D eigenvalue weighted by molar-refractivity contribution is -0.126. The van der Waals surface area contributed by atoms with Crippen molar-refractivity contribution < 1.29 is 47.6 Å². The number of aldehydes is 1. The van der Waals surface area contributed by atoms with Crippen LogP contribution in [0.15, 0.2) is 0 Å². The van der Waals surface area contributed by atoms with E-state index in [0.717, 1.165) is 6.29 Å². The van der Waals surface area contributed by atoms with Gasteiger partial charge in [-0.2, -0.15) is 0 Å². The van der Waals surface area contributed by atoms with Gasteiger partial charge >= 0.3 is 0 Å². The van der Waals surface area contributed by atoms with Gasteiger partial charge in [-0.1, -0.05) is 17.8 Å². The quantitative estimate of drug-likeness (QED) is 0.0513. The van der Waals surface area contributed by atoms with Crippen molar-refractivity contribution in [3.8, 4) is 37.0 Å². The highest BCUT2D eigenvalue weighted by Crippen LogP contribution is 2.27. The molecule has 0 aromatic carbocycles. The minimum absolute atomic E-state index is 0.125. The number of amides is 3. The lowest BCUT2D eigenvalue weighted by Gasteiger charge is -2.35. The lowest BCUT2D eigenvalue weighted by atomic mass is 9.82. The van der Waals surface area contributed by atoms with Crippen LogP contribution < -0.4 is 16.0 Å². The van der Waals surface area contributed by atoms with Crippen LogP contribution >= 0.6 is 0 Å². The molecule has 0 aromatic rings. The predicted molar refractivity (Wildman–Crippen MR) is 181 cm³/mol. The van der Waals surface area contributed by atoms with Gasteiger partial charge in [-0.25, -0.2) is 0 Å². The van der Waals surface area contributed by atoms with Crippen molar-refractivity contribution in [2.24, 2.45) is 0 Å². The van der Waals surface area contributed by atoms with Gasteiger partial charge in [0, 0.05) is 50.9 Å². The van der Waals surface area contributed by atoms with E-state index in [2.05, 4.69) is 33.7 Å². The number of ether oxygens (including phenoxy) is 6. The molecule has 13 heteroatoms. The smallest absolute Gasteiger partial charge is 0.220 e. The summed E-state index contributed by atoms with van der Waals surface area (Å²) in [4.78, 5) is 49.4. The van der Waals surface area contributed by atoms with Crippen molar-refractivity contribution in [2.45, 2.75) is 69.7 Å². The maximum Gasteiger partial charge on any atom is 0.220 e. The highest BCUT2D eigenvalue weighted by Gasteiger charge is 2.32. The Balaban J connectivity index is 5.22. The van der Waals surface area contributed by atoms with Crippen LogP contribution in [0.3, 0.4) is 0 Å². The fraction of sp³-hybridized carbons (Fsp3) is 0.714. The van der Waals surface area contributed by atoms with Gasteiger partial charge < -0.3 is 49.2 Å². The summed E-state index contributed by atoms with van der Waals surface area (Å²) in [5, 5.41) is 8.79. The first-order valence-corrected chi connectivity index (χ1v) is 16.5. The average molecular weight is 678 g/mol. The van der Waals surface area contributed by atoms with Gasteiger partial charge in [0.2, 0.25) is 17.7 Å². The second-order valence-electron chi connectivity index (χ2n) is 10.7. The van der Waals surface area contributed by atoms with Gasteiger partial charge in [0.15, 0.2) is 0 Å². The number of unbranched alkanes of at least 4 members (excludes halogenated alkanes) is 2. The zero-order valence-corrected chi connectivity index (χ0v) is 28.4. The highest BCUT2D eigenvalue weighted by atomic mass is 16.5. The first-order chi connectivity index (χ1) is 23.4. The van der Waals surface area contributed by atoms with Gasteiger partial charge in [-0.05, 0) is 38.5 Å². The number of hydrogen-bond acceptors (Lipinski definition) is 10. The van der Waals surface area contributed by atoms with E-state index in [1.807, 2.05) is 0 Å². The molecule has 0 saturated heterocycles. The summed E-state index contributed by atoms with van der Waals surface area (Å²) in [6.45, 7) is 4.59. The molecule has 0 spiro atoms. The Morgan fingerprint density at radius 2 is 1.00 bits per heavy atom. The van der Waals surface area contributed by atoms with Crippen LogP contribution in [0.2, 0.25) is 0 Å². The molecule has 0 aliphatic carbocycles. The number of terminal acetylenes is 3. The monoisotopic (exact) mass is 677 g/mol. The van der Waals surface area contributed by atoms with Crippen LogP contribution in [0.1, 0.15) is 64.2 Å². The Hall–Kier alpha value is -3.48. The maximum atomic E-state index is 13.0. The Kier molecular flexibility index (Phi) is 31.0. The van der Waals surface area contributed by atoms with E-state index in [4.69, 9.17) is 47.7 Å². The van der Waals surface area contributed by atoms with Gasteiger partial charge in [-0.3, -0.25) is 14.4 Å². The van der Waals surface area contributed by atoms with Crippen LogP contribution in [0.25, 0.3) is 0 Å². The Labute approximate surface area is 286 Å². The van der Waals surface area contributed by atoms with Crippen molar-refractivity contribution in [2.75, 3.05) is 92.4 Å². The molecule has 0 bridgehead atoms. The van der Waals surface area contributed by atoms with Crippen molar-refractivity contribution in [3.63, 3.8) is 0 Å². The molecule has 0 aromatic heterocycles. The molecule has 0 rings (SSSR count). The number of hydrogen-bond donors (Lipinski definition) is 3. The summed E-state index contributed by atoms with van der Waals surface area (Å²) >= 11 is 0. The van der Waals surface area contributed by atoms with Gasteiger partial charge in [0.1, 0.15) is 26.1 Å². The molecular formula is C35H55N3O10. The molecule has 0 heterocycles. The average Bonchev–Trinajstić information content (AvgIpc) is 3.08. The largest absolute Gasteiger partial charge is 0.379 e. The number of nitrogens with one attached hydrogen (secondary N) is 3. The number of carbonyl (C=O) groups excluding carboxylic acids is 4. The van der Waals surface area contributed by atoms with E-state index < -0.39 is 5.54 Å². The minimum Gasteiger partial charge on any atom is -0.379 e. The highest BCUT2D eigenvalue weighted by molar-refractivity contribution is 5.79. The fourth-order valence-electron chi connectivity index (χ4n) is 4.39. The molecular weight excluding hydrogens is 622 g/mol. The second kappa shape index (κ2) is 33.4. The molecule has 0 aliphatic heterocycles. The van der Waals surface area contributed by atoms with Gasteiger partial charge in [0.25, 0.3) is 0 Å². The van der Waals surface area contributed by atoms with Crippen LogP contribution in [-0.4, -0.2) is 122 Å². The summed E-state index contributed by atoms with van der Waals surface area (Å²) in [5.41, 5.74) is -0.835. The number of carbonyl (C=O) groups is 4. The molecule has 3 N–H and O–H groups in total. The number of rotatable bonds is 34. The van der Waals surface area contributed by atoms with Crippen LogP contribution in [-0.2, 0) is 47.6 Å². The summed E-state index contributed by atoms with van der Waals surface area (Å²) in [6, 6.07) is 0. The van der Waals surface area contributed by atoms with Crippen molar-refractivity contribution >= 4 is 24.0 Å². The molecule has 0 aliphatic rings. The van der Waals surface area contributed by atoms with Crippen molar-refractivity contribution in [1.29, 1.82) is 0 Å². The first kappa shape index (κ1) is 44.5. The third-order valence-corrected chi connectivity index (χ3v) is 6.79. The molecule has 0 unspecified atom stereocenters. The summed E-state index contributed by atoms with van der Waals surface area (Å²) in [7, 11) is 0. The summed E-state index contributed by atoms with van der Waals surface area (Å²) < 4.78 is 32.0. The maximum absolute atomic E-state index is 13.0. The van der Waals surface area contributed by atoms with Crippen LogP contribution in [0, 0.1) is 37.0 Å². The molecule has 48 heavy (non-hydrogen) atoms. The third-order valence-electron chi connectivity index (χ3n) is 6.79. The lowest BCUT2D eigenvalue weighted by Crippen LogP contribution is -2.50. The molecule has 13 nitrogen and oxygen atoms in total. The normalized spacial score (nSPS) is 10.8. The van der Waals surface area contributed by atoms with Crippen molar-refractivity contribution in [1.82, 2.24) is 16.0 Å². The van der Waals surface area contributed by atoms with E-state index in [0.29, 0.717) is 111 Å². The van der Waals surface area contributed by atoms with E-state index in [-0.39, 0.29) is 63.2 Å². The van der Waals surface area contributed by atoms with Gasteiger partial charge in [-0.15, -0.1) is 19.3 Å². The zero-order valence-electron chi connectivity index (χ0n) is 28.4. The minimum atomic E-state index is -0.835. The molecule has 0 atom stereocenters. The van der Waals surface area contributed by atoms with E-state index in [1.54, 1.807) is 0 Å². The van der Waals surface area contributed by atoms with Gasteiger partial charge in [0.05, 0.1) is 52.9 Å². The second-order valence-corrected chi connectivity index (χ2v) is 10.7. The SMILES string of the molecule is C#CCOCCOCCCCC(CCC(=O)NCCOCCOCC#C)(CCC(=O)NCCOCCOCC#C)NC(=O)CCCC=O. The summed E-state index contributed by atoms with van der Waals surface area (Å²) in [5.74, 6) is 6.50. The molecule has 3 amide bonds. The Bertz CT molecular complexity index is 941. The summed E-state index contributed by atoms with van der Waals surface area (Å²) in [6.07, 6.45) is 19.8. The zero-order chi connectivity index (χ0) is 35.4. The van der Waals surface area contributed by atoms with Crippen LogP contribution in [0.5, 0.6) is 0 Å². The predicted octanol–water partition coefficient (Wildman–Crippen LogP) is 1.17. The molecule has 0 fully saturated rings. The van der Waals surface area contributed by atoms with Crippen LogP contribution in [0.4, 0.5) is 0 Å². The Morgan fingerprint density at radius 1 is 0.542 bits per heavy atom. The molecule has 0 radical (unpaired) electrons. The standard InChI is InChI=1S/C35H55N3O10/c1-4-20-43-26-29-46-23-10-8-14-35(38-34(42)11-7-9-19-39,15-12-32(40)36-17-24-47-30-27-44-21-5-2)16-13-33(41)37-18-25-48-31-28-45-22-6-3/h1-3,19H,7-18,20-31H2,(H,36,40)(H,37,41)(H,38,42). The Morgan fingerprint density at radius 3 is 1.46 bits per heavy atom. The first-order valence-electron chi connectivity index (χ1n) is 16.5. The topological polar surface area (TPSA) is 160 Å². The third kappa shape index (κ3) is 28.7. The van der Waals surface area contributed by atoms with E-state index in [9.17, 15) is 19.2 Å².